The van der Waals surface area contributed by atoms with Crippen molar-refractivity contribution in [2.45, 2.75) is 12.8 Å². The molecule has 0 aliphatic carbocycles. The molecule has 2 unspecified atom stereocenters. The van der Waals surface area contributed by atoms with Crippen LogP contribution in [0.1, 0.15) is 24.1 Å². The molecule has 0 amide bonds. The van der Waals surface area contributed by atoms with Gasteiger partial charge < -0.3 is 9.72 Å². The number of imidazole rings is 1. The zero-order chi connectivity index (χ0) is 19.0. The molecule has 3 aromatic rings. The average molecular weight is 361 g/mol. The van der Waals surface area contributed by atoms with Crippen LogP contribution >= 0.6 is 0 Å². The Balaban J connectivity index is 2.02. The van der Waals surface area contributed by atoms with Crippen LogP contribution in [0.5, 0.6) is 0 Å². The van der Waals surface area contributed by atoms with Crippen LogP contribution in [0.4, 0.5) is 0 Å². The van der Waals surface area contributed by atoms with Crippen molar-refractivity contribution in [3.05, 3.63) is 82.4 Å². The highest BCUT2D eigenvalue weighted by atomic mass is 16.5. The summed E-state index contributed by atoms with van der Waals surface area (Å²) in [6.07, 6.45) is 0. The minimum absolute atomic E-state index is 0.326. The predicted molar refractivity (Wildman–Crippen MR) is 103 cm³/mol. The summed E-state index contributed by atoms with van der Waals surface area (Å²) in [7, 11) is 1.37. The van der Waals surface area contributed by atoms with Gasteiger partial charge in [-0.15, -0.1) is 0 Å². The third kappa shape index (κ3) is 2.79. The number of hydrogen-bond acceptors (Lipinski definition) is 4. The number of carbonyl (C=O) groups excluding carboxylic acids is 1. The molecule has 0 spiro atoms. The Hall–Kier alpha value is -3.41. The number of methoxy groups -OCH3 is 1. The Labute approximate surface area is 156 Å². The molecule has 27 heavy (non-hydrogen) atoms. The zero-order valence-electron chi connectivity index (χ0n) is 15.0. The lowest BCUT2D eigenvalue weighted by molar-refractivity contribution is -0.143. The van der Waals surface area contributed by atoms with Gasteiger partial charge in [-0.25, -0.2) is 4.79 Å². The number of aromatic amines is 1. The highest BCUT2D eigenvalue weighted by Gasteiger charge is 2.41. The largest absolute Gasteiger partial charge is 0.468 e. The number of aromatic nitrogens is 2. The Morgan fingerprint density at radius 2 is 1.70 bits per heavy atom. The van der Waals surface area contributed by atoms with Crippen LogP contribution < -0.4 is 5.69 Å². The van der Waals surface area contributed by atoms with Crippen LogP contribution in [0.3, 0.4) is 0 Å². The second-order valence-electron chi connectivity index (χ2n) is 6.50. The number of H-pyrrole nitrogens is 1. The van der Waals surface area contributed by atoms with Crippen LogP contribution in [0.25, 0.3) is 11.3 Å². The molecular formula is C21H19N3O3. The quantitative estimate of drug-likeness (QED) is 0.729. The number of fused-ring (bicyclic) bond motifs is 1. The summed E-state index contributed by atoms with van der Waals surface area (Å²) in [5.74, 6) is -1.36. The molecule has 6 heteroatoms. The third-order valence-corrected chi connectivity index (χ3v) is 4.92. The summed E-state index contributed by atoms with van der Waals surface area (Å²) < 4.78 is 6.43. The molecule has 1 aliphatic heterocycles. The maximum atomic E-state index is 12.6. The monoisotopic (exact) mass is 361 g/mol. The van der Waals surface area contributed by atoms with Crippen molar-refractivity contribution in [1.29, 1.82) is 0 Å². The van der Waals surface area contributed by atoms with Gasteiger partial charge in [0, 0.05) is 5.92 Å². The Kier molecular flexibility index (Phi) is 4.24. The highest BCUT2D eigenvalue weighted by Crippen LogP contribution is 2.40. The molecular weight excluding hydrogens is 342 g/mol. The minimum atomic E-state index is -0.602. The van der Waals surface area contributed by atoms with E-state index in [4.69, 9.17) is 4.74 Å². The van der Waals surface area contributed by atoms with Gasteiger partial charge in [0.15, 0.2) is 0 Å². The van der Waals surface area contributed by atoms with E-state index in [0.717, 1.165) is 11.1 Å². The van der Waals surface area contributed by atoms with Crippen molar-refractivity contribution in [3.63, 3.8) is 0 Å². The van der Waals surface area contributed by atoms with Gasteiger partial charge in [-0.1, -0.05) is 60.7 Å². The van der Waals surface area contributed by atoms with Crippen molar-refractivity contribution in [3.8, 4) is 11.3 Å². The van der Waals surface area contributed by atoms with Gasteiger partial charge in [-0.2, -0.15) is 9.78 Å². The van der Waals surface area contributed by atoms with E-state index in [0.29, 0.717) is 17.1 Å². The Morgan fingerprint density at radius 3 is 2.33 bits per heavy atom. The molecule has 1 aromatic heterocycles. The highest BCUT2D eigenvalue weighted by molar-refractivity contribution is 6.03. The van der Waals surface area contributed by atoms with Crippen LogP contribution in [-0.4, -0.2) is 28.5 Å². The van der Waals surface area contributed by atoms with E-state index in [-0.39, 0.29) is 17.6 Å². The first-order valence-corrected chi connectivity index (χ1v) is 8.70. The summed E-state index contributed by atoms with van der Waals surface area (Å²) in [5.41, 5.74) is 3.34. The molecule has 1 N–H and O–H groups in total. The second kappa shape index (κ2) is 6.72. The number of nitrogens with one attached hydrogen (secondary N) is 1. The van der Waals surface area contributed by atoms with E-state index in [1.165, 1.54) is 11.8 Å². The number of ether oxygens (including phenoxy) is 1. The number of carbonyl (C=O) groups is 1. The zero-order valence-corrected chi connectivity index (χ0v) is 15.0. The Bertz CT molecular complexity index is 1070. The molecule has 2 aromatic carbocycles. The lowest BCUT2D eigenvalue weighted by Gasteiger charge is -2.30. The first kappa shape index (κ1) is 17.0. The molecule has 0 saturated heterocycles. The SMILES string of the molecule is COC(=O)C1C(C)=Nn2c(c(-c3ccccc3)[nH]c2=O)C1c1ccccc1. The maximum absolute atomic E-state index is 12.6. The fourth-order valence-corrected chi connectivity index (χ4v) is 3.71. The van der Waals surface area contributed by atoms with Gasteiger partial charge in [0.2, 0.25) is 0 Å². The van der Waals surface area contributed by atoms with E-state index >= 15 is 0 Å². The standard InChI is InChI=1S/C21H19N3O3/c1-13-16(20(25)27-2)17(14-9-5-3-6-10-14)19-18(15-11-7-4-8-12-15)22-21(26)24(19)23-13/h3-12,16-17H,1-2H3,(H,22,26). The van der Waals surface area contributed by atoms with E-state index in [1.807, 2.05) is 60.7 Å². The number of benzene rings is 2. The number of hydrogen-bond donors (Lipinski definition) is 1. The van der Waals surface area contributed by atoms with Gasteiger partial charge in [0.1, 0.15) is 5.92 Å². The lowest BCUT2D eigenvalue weighted by Crippen LogP contribution is -2.37. The normalized spacial score (nSPS) is 18.5. The molecule has 0 fully saturated rings. The van der Waals surface area contributed by atoms with Gasteiger partial charge in [0.25, 0.3) is 0 Å². The van der Waals surface area contributed by atoms with Crippen LogP contribution in [-0.2, 0) is 9.53 Å². The number of nitrogens with zero attached hydrogens (tertiary/aromatic N) is 2. The summed E-state index contributed by atoms with van der Waals surface area (Å²) in [6.45, 7) is 1.75. The number of rotatable bonds is 3. The van der Waals surface area contributed by atoms with E-state index in [2.05, 4.69) is 10.1 Å². The fraction of sp³-hybridized carbons (Fsp3) is 0.190. The van der Waals surface area contributed by atoms with Crippen molar-refractivity contribution in [1.82, 2.24) is 9.66 Å². The summed E-state index contributed by atoms with van der Waals surface area (Å²) in [5, 5.41) is 4.41. The van der Waals surface area contributed by atoms with Crippen molar-refractivity contribution in [2.75, 3.05) is 7.11 Å². The molecule has 0 bridgehead atoms. The van der Waals surface area contributed by atoms with E-state index < -0.39 is 5.92 Å². The summed E-state index contributed by atoms with van der Waals surface area (Å²) >= 11 is 0. The van der Waals surface area contributed by atoms with Crippen LogP contribution in [0.15, 0.2) is 70.6 Å². The van der Waals surface area contributed by atoms with Crippen molar-refractivity contribution >= 4 is 11.7 Å². The summed E-state index contributed by atoms with van der Waals surface area (Å²) in [6, 6.07) is 19.2. The number of esters is 1. The second-order valence-corrected chi connectivity index (χ2v) is 6.50. The van der Waals surface area contributed by atoms with Crippen LogP contribution in [0.2, 0.25) is 0 Å². The Morgan fingerprint density at radius 1 is 1.07 bits per heavy atom. The third-order valence-electron chi connectivity index (χ3n) is 4.92. The molecule has 136 valence electrons. The molecule has 2 heterocycles. The van der Waals surface area contributed by atoms with Gasteiger partial charge in [-0.3, -0.25) is 4.79 Å². The topological polar surface area (TPSA) is 76.4 Å². The molecule has 1 aliphatic rings. The fourth-order valence-electron chi connectivity index (χ4n) is 3.71. The summed E-state index contributed by atoms with van der Waals surface area (Å²) in [4.78, 5) is 28.2. The molecule has 2 atom stereocenters. The first-order chi connectivity index (χ1) is 13.1. The van der Waals surface area contributed by atoms with Crippen molar-refractivity contribution in [2.24, 2.45) is 11.0 Å². The smallest absolute Gasteiger partial charge is 0.346 e. The lowest BCUT2D eigenvalue weighted by atomic mass is 9.79. The van der Waals surface area contributed by atoms with Gasteiger partial charge in [-0.05, 0) is 18.1 Å². The van der Waals surface area contributed by atoms with E-state index in [1.54, 1.807) is 6.92 Å². The molecule has 6 nitrogen and oxygen atoms in total. The molecule has 0 saturated carbocycles. The van der Waals surface area contributed by atoms with Gasteiger partial charge in [0.05, 0.1) is 24.2 Å². The molecule has 4 rings (SSSR count). The average Bonchev–Trinajstić information content (AvgIpc) is 3.04. The minimum Gasteiger partial charge on any atom is -0.468 e. The first-order valence-electron chi connectivity index (χ1n) is 8.70. The maximum Gasteiger partial charge on any atom is 0.346 e. The molecule has 0 radical (unpaired) electrons. The van der Waals surface area contributed by atoms with Crippen LogP contribution in [0, 0.1) is 5.92 Å². The van der Waals surface area contributed by atoms with Crippen molar-refractivity contribution < 1.29 is 9.53 Å². The van der Waals surface area contributed by atoms with Gasteiger partial charge >= 0.3 is 11.7 Å². The van der Waals surface area contributed by atoms with E-state index in [9.17, 15) is 9.59 Å². The predicted octanol–water partition coefficient (Wildman–Crippen LogP) is 3.00.